The van der Waals surface area contributed by atoms with Gasteiger partial charge in [-0.25, -0.2) is 9.78 Å². The van der Waals surface area contributed by atoms with Crippen molar-refractivity contribution in [2.24, 2.45) is 0 Å². The largest absolute Gasteiger partial charge is 0.494 e. The van der Waals surface area contributed by atoms with Crippen LogP contribution in [0, 0.1) is 0 Å². The molecule has 0 saturated carbocycles. The molecule has 3 N–H and O–H groups in total. The zero-order chi connectivity index (χ0) is 15.5. The van der Waals surface area contributed by atoms with Gasteiger partial charge >= 0.3 is 12.2 Å². The highest BCUT2D eigenvalue weighted by atomic mass is 19.4. The summed E-state index contributed by atoms with van der Waals surface area (Å²) in [5.74, 6) is 0.170. The van der Waals surface area contributed by atoms with Crippen LogP contribution in [0.5, 0.6) is 5.75 Å². The van der Waals surface area contributed by atoms with Crippen molar-refractivity contribution < 1.29 is 22.7 Å². The normalized spacial score (nSPS) is 11.0. The Kier molecular flexibility index (Phi) is 3.96. The molecule has 112 valence electrons. The molecular formula is C11H10F3N5O2. The number of hydrogen-bond donors (Lipinski definition) is 3. The highest BCUT2D eigenvalue weighted by molar-refractivity contribution is 5.99. The van der Waals surface area contributed by atoms with Gasteiger partial charge in [-0.05, 0) is 0 Å². The maximum atomic E-state index is 12.5. The van der Waals surface area contributed by atoms with E-state index < -0.39 is 17.9 Å². The van der Waals surface area contributed by atoms with Crippen LogP contribution in [0.25, 0.3) is 0 Å². The molecule has 0 aromatic carbocycles. The summed E-state index contributed by atoms with van der Waals surface area (Å²) in [6.07, 6.45) is -2.30. The van der Waals surface area contributed by atoms with Crippen molar-refractivity contribution in [3.05, 3.63) is 30.2 Å². The number of amides is 2. The van der Waals surface area contributed by atoms with Gasteiger partial charge in [0.15, 0.2) is 0 Å². The lowest BCUT2D eigenvalue weighted by Gasteiger charge is -2.12. The molecule has 2 heterocycles. The molecule has 0 bridgehead atoms. The Labute approximate surface area is 116 Å². The van der Waals surface area contributed by atoms with Gasteiger partial charge in [-0.2, -0.15) is 18.3 Å². The number of carbonyl (C=O) groups excluding carboxylic acids is 1. The van der Waals surface area contributed by atoms with Crippen LogP contribution in [0.15, 0.2) is 24.5 Å². The van der Waals surface area contributed by atoms with E-state index in [0.717, 1.165) is 6.20 Å². The molecule has 10 heteroatoms. The van der Waals surface area contributed by atoms with Crippen LogP contribution in [-0.2, 0) is 6.18 Å². The van der Waals surface area contributed by atoms with Gasteiger partial charge in [-0.15, -0.1) is 0 Å². The van der Waals surface area contributed by atoms with Gasteiger partial charge in [0.25, 0.3) is 0 Å². The summed E-state index contributed by atoms with van der Waals surface area (Å²) in [5.41, 5.74) is -1.11. The molecule has 0 fully saturated rings. The number of rotatable bonds is 3. The number of H-pyrrole nitrogens is 1. The van der Waals surface area contributed by atoms with Gasteiger partial charge in [0, 0.05) is 12.1 Å². The van der Waals surface area contributed by atoms with Gasteiger partial charge in [-0.3, -0.25) is 10.4 Å². The standard InChI is InChI=1S/C11H10F3N5O2/c1-21-7-4-8(11(12,13)14)15-5-6(7)17-10(20)18-9-2-3-16-19-9/h2-5H,1H3,(H3,16,17,18,19,20). The second-order valence-electron chi connectivity index (χ2n) is 3.82. The van der Waals surface area contributed by atoms with Gasteiger partial charge in [-0.1, -0.05) is 0 Å². The number of carbonyl (C=O) groups is 1. The fraction of sp³-hybridized carbons (Fsp3) is 0.182. The molecule has 0 atom stereocenters. The number of nitrogens with zero attached hydrogens (tertiary/aromatic N) is 2. The average Bonchev–Trinajstić information content (AvgIpc) is 2.90. The number of anilines is 2. The van der Waals surface area contributed by atoms with E-state index in [2.05, 4.69) is 25.8 Å². The van der Waals surface area contributed by atoms with E-state index in [1.807, 2.05) is 0 Å². The quantitative estimate of drug-likeness (QED) is 0.812. The minimum atomic E-state index is -4.59. The van der Waals surface area contributed by atoms with Gasteiger partial charge in [0.05, 0.1) is 19.5 Å². The first kappa shape index (κ1) is 14.6. The maximum Gasteiger partial charge on any atom is 0.433 e. The number of methoxy groups -OCH3 is 1. The lowest BCUT2D eigenvalue weighted by Crippen LogP contribution is -2.20. The summed E-state index contributed by atoms with van der Waals surface area (Å²) in [5, 5.41) is 10.8. The monoisotopic (exact) mass is 301 g/mol. The molecule has 0 unspecified atom stereocenters. The lowest BCUT2D eigenvalue weighted by atomic mass is 10.3. The van der Waals surface area contributed by atoms with E-state index in [-0.39, 0.29) is 11.4 Å². The molecular weight excluding hydrogens is 291 g/mol. The van der Waals surface area contributed by atoms with Crippen LogP contribution in [0.4, 0.5) is 29.5 Å². The van der Waals surface area contributed by atoms with E-state index in [4.69, 9.17) is 4.74 Å². The van der Waals surface area contributed by atoms with Crippen molar-refractivity contribution >= 4 is 17.5 Å². The third kappa shape index (κ3) is 3.61. The van der Waals surface area contributed by atoms with Crippen molar-refractivity contribution in [1.82, 2.24) is 15.2 Å². The van der Waals surface area contributed by atoms with E-state index in [1.165, 1.54) is 19.4 Å². The summed E-state index contributed by atoms with van der Waals surface area (Å²) in [6.45, 7) is 0. The summed E-state index contributed by atoms with van der Waals surface area (Å²) in [4.78, 5) is 14.9. The first-order valence-corrected chi connectivity index (χ1v) is 5.59. The first-order chi connectivity index (χ1) is 9.90. The molecule has 0 radical (unpaired) electrons. The number of ether oxygens (including phenoxy) is 1. The van der Waals surface area contributed by atoms with Crippen LogP contribution in [-0.4, -0.2) is 28.3 Å². The minimum absolute atomic E-state index is 0.00233. The van der Waals surface area contributed by atoms with Gasteiger partial charge in [0.1, 0.15) is 22.9 Å². The maximum absolute atomic E-state index is 12.5. The van der Waals surface area contributed by atoms with Crippen LogP contribution < -0.4 is 15.4 Å². The zero-order valence-corrected chi connectivity index (χ0v) is 10.7. The molecule has 0 spiro atoms. The number of nitrogens with one attached hydrogen (secondary N) is 3. The fourth-order valence-corrected chi connectivity index (χ4v) is 1.46. The van der Waals surface area contributed by atoms with E-state index in [1.54, 1.807) is 0 Å². The van der Waals surface area contributed by atoms with Crippen molar-refractivity contribution in [1.29, 1.82) is 0 Å². The summed E-state index contributed by atoms with van der Waals surface area (Å²) < 4.78 is 42.4. The van der Waals surface area contributed by atoms with Crippen molar-refractivity contribution in [3.63, 3.8) is 0 Å². The number of aromatic amines is 1. The lowest BCUT2D eigenvalue weighted by molar-refractivity contribution is -0.141. The molecule has 2 aromatic rings. The van der Waals surface area contributed by atoms with Crippen LogP contribution in [0.1, 0.15) is 5.69 Å². The molecule has 2 aromatic heterocycles. The molecule has 0 aliphatic heterocycles. The zero-order valence-electron chi connectivity index (χ0n) is 10.7. The van der Waals surface area contributed by atoms with Gasteiger partial charge < -0.3 is 10.1 Å². The Morgan fingerprint density at radius 1 is 1.38 bits per heavy atom. The number of pyridine rings is 1. The average molecular weight is 301 g/mol. The molecule has 21 heavy (non-hydrogen) atoms. The number of hydrogen-bond acceptors (Lipinski definition) is 4. The van der Waals surface area contributed by atoms with E-state index in [0.29, 0.717) is 11.9 Å². The van der Waals surface area contributed by atoms with Crippen molar-refractivity contribution in [3.8, 4) is 5.75 Å². The second-order valence-corrected chi connectivity index (χ2v) is 3.82. The fourth-order valence-electron chi connectivity index (χ4n) is 1.46. The second kappa shape index (κ2) is 5.69. The highest BCUT2D eigenvalue weighted by Gasteiger charge is 2.33. The Balaban J connectivity index is 2.14. The number of aromatic nitrogens is 3. The predicted octanol–water partition coefficient (Wildman–Crippen LogP) is 2.48. The third-order valence-electron chi connectivity index (χ3n) is 2.37. The van der Waals surface area contributed by atoms with E-state index in [9.17, 15) is 18.0 Å². The predicted molar refractivity (Wildman–Crippen MR) is 67.0 cm³/mol. The Bertz CT molecular complexity index is 627. The van der Waals surface area contributed by atoms with Crippen LogP contribution in [0.2, 0.25) is 0 Å². The van der Waals surface area contributed by atoms with Crippen molar-refractivity contribution in [2.45, 2.75) is 6.18 Å². The molecule has 2 amide bonds. The number of alkyl halides is 3. The summed E-state index contributed by atoms with van der Waals surface area (Å²) in [7, 11) is 1.19. The van der Waals surface area contributed by atoms with Gasteiger partial charge in [0.2, 0.25) is 0 Å². The van der Waals surface area contributed by atoms with Crippen LogP contribution in [0.3, 0.4) is 0 Å². The van der Waals surface area contributed by atoms with Crippen LogP contribution >= 0.6 is 0 Å². The summed E-state index contributed by atoms with van der Waals surface area (Å²) in [6, 6.07) is 1.52. The Hall–Kier alpha value is -2.78. The molecule has 0 saturated heterocycles. The Morgan fingerprint density at radius 2 is 2.14 bits per heavy atom. The molecule has 0 aliphatic carbocycles. The Morgan fingerprint density at radius 3 is 2.71 bits per heavy atom. The topological polar surface area (TPSA) is 91.9 Å². The number of halogens is 3. The highest BCUT2D eigenvalue weighted by Crippen LogP contribution is 2.33. The van der Waals surface area contributed by atoms with E-state index >= 15 is 0 Å². The smallest absolute Gasteiger partial charge is 0.433 e. The molecule has 2 rings (SSSR count). The SMILES string of the molecule is COc1cc(C(F)(F)F)ncc1NC(=O)Nc1ccn[nH]1. The minimum Gasteiger partial charge on any atom is -0.494 e. The first-order valence-electron chi connectivity index (χ1n) is 5.59. The third-order valence-corrected chi connectivity index (χ3v) is 2.37. The molecule has 7 nitrogen and oxygen atoms in total. The summed E-state index contributed by atoms with van der Waals surface area (Å²) >= 11 is 0. The molecule has 0 aliphatic rings. The van der Waals surface area contributed by atoms with Crippen molar-refractivity contribution in [2.75, 3.05) is 17.7 Å². The number of urea groups is 1.